The second-order valence-corrected chi connectivity index (χ2v) is 8.99. The first-order valence-electron chi connectivity index (χ1n) is 8.58. The topological polar surface area (TPSA) is 72.7 Å². The highest BCUT2D eigenvalue weighted by atomic mass is 32.2. The number of aryl methyl sites for hydroxylation is 2. The first-order chi connectivity index (χ1) is 13.4. The molecule has 2 aromatic heterocycles. The smallest absolute Gasteiger partial charge is 0.261 e. The maximum Gasteiger partial charge on any atom is 0.261 e. The summed E-state index contributed by atoms with van der Waals surface area (Å²) in [4.78, 5) is 5.72. The Morgan fingerprint density at radius 2 is 1.96 bits per heavy atom. The van der Waals surface area contributed by atoms with Gasteiger partial charge in [0.15, 0.2) is 4.96 Å². The molecule has 144 valence electrons. The Labute approximate surface area is 167 Å². The van der Waals surface area contributed by atoms with Gasteiger partial charge in [0.2, 0.25) is 0 Å². The average molecular weight is 414 g/mol. The van der Waals surface area contributed by atoms with Gasteiger partial charge in [0, 0.05) is 28.5 Å². The molecule has 0 aliphatic heterocycles. The molecule has 4 rings (SSSR count). The Balaban J connectivity index is 1.64. The third kappa shape index (κ3) is 3.36. The Kier molecular flexibility index (Phi) is 4.60. The van der Waals surface area contributed by atoms with Crippen molar-refractivity contribution in [1.29, 1.82) is 0 Å². The number of imidazole rings is 1. The zero-order valence-electron chi connectivity index (χ0n) is 15.6. The van der Waals surface area contributed by atoms with Crippen molar-refractivity contribution >= 4 is 32.0 Å². The summed E-state index contributed by atoms with van der Waals surface area (Å²) in [5, 5.41) is 2.05. The van der Waals surface area contributed by atoms with Gasteiger partial charge in [-0.25, -0.2) is 13.4 Å². The maximum atomic E-state index is 12.8. The Bertz CT molecular complexity index is 1270. The van der Waals surface area contributed by atoms with E-state index in [0.29, 0.717) is 11.4 Å². The van der Waals surface area contributed by atoms with E-state index < -0.39 is 10.0 Å². The summed E-state index contributed by atoms with van der Waals surface area (Å²) in [5.41, 5.74) is 4.01. The van der Waals surface area contributed by atoms with Gasteiger partial charge in [-0.3, -0.25) is 9.12 Å². The second-order valence-electron chi connectivity index (χ2n) is 6.47. The molecule has 0 atom stereocenters. The number of sulfonamides is 1. The zero-order chi connectivity index (χ0) is 19.9. The fourth-order valence-corrected chi connectivity index (χ4v) is 4.99. The number of ether oxygens (including phenoxy) is 1. The van der Waals surface area contributed by atoms with Crippen molar-refractivity contribution in [1.82, 2.24) is 9.38 Å². The van der Waals surface area contributed by atoms with Crippen LogP contribution in [-0.4, -0.2) is 24.9 Å². The molecule has 0 aliphatic carbocycles. The molecule has 8 heteroatoms. The molecule has 0 radical (unpaired) electrons. The number of aromatic nitrogens is 2. The molecule has 0 amide bonds. The number of hydrogen-bond donors (Lipinski definition) is 1. The van der Waals surface area contributed by atoms with E-state index in [0.717, 1.165) is 27.5 Å². The van der Waals surface area contributed by atoms with Gasteiger partial charge in [-0.05, 0) is 49.7 Å². The number of hydrogen-bond acceptors (Lipinski definition) is 5. The third-order valence-corrected chi connectivity index (χ3v) is 6.81. The summed E-state index contributed by atoms with van der Waals surface area (Å²) in [6.45, 7) is 3.83. The lowest BCUT2D eigenvalue weighted by Gasteiger charge is -2.11. The summed E-state index contributed by atoms with van der Waals surface area (Å²) in [7, 11) is -2.15. The van der Waals surface area contributed by atoms with Gasteiger partial charge in [0.1, 0.15) is 5.75 Å². The molecule has 2 heterocycles. The number of rotatable bonds is 5. The monoisotopic (exact) mass is 413 g/mol. The summed E-state index contributed by atoms with van der Waals surface area (Å²) in [6, 6.07) is 12.0. The summed E-state index contributed by atoms with van der Waals surface area (Å²) in [6.07, 6.45) is 1.96. The molecule has 0 spiro atoms. The first kappa shape index (κ1) is 18.5. The largest absolute Gasteiger partial charge is 0.496 e. The highest BCUT2D eigenvalue weighted by Crippen LogP contribution is 2.27. The molecule has 0 saturated heterocycles. The molecular formula is C20H19N3O3S2. The Morgan fingerprint density at radius 1 is 1.14 bits per heavy atom. The van der Waals surface area contributed by atoms with Crippen molar-refractivity contribution in [2.45, 2.75) is 18.7 Å². The minimum Gasteiger partial charge on any atom is -0.496 e. The first-order valence-corrected chi connectivity index (χ1v) is 10.9. The van der Waals surface area contributed by atoms with Gasteiger partial charge in [-0.1, -0.05) is 12.1 Å². The molecular weight excluding hydrogens is 394 g/mol. The molecule has 2 aromatic carbocycles. The standard InChI is InChI=1S/C20H19N3O3S2/c1-13-9-17(7-8-19(13)26-3)28(24,25)22-16-6-4-5-15(10-16)18-11-23-14(2)12-27-20(23)21-18/h4-12,22H,1-3H3. The van der Waals surface area contributed by atoms with E-state index in [1.807, 2.05) is 42.0 Å². The van der Waals surface area contributed by atoms with Crippen LogP contribution in [0.4, 0.5) is 5.69 Å². The van der Waals surface area contributed by atoms with E-state index in [-0.39, 0.29) is 4.90 Å². The third-order valence-electron chi connectivity index (χ3n) is 4.48. The lowest BCUT2D eigenvalue weighted by Crippen LogP contribution is -2.13. The highest BCUT2D eigenvalue weighted by Gasteiger charge is 2.16. The number of fused-ring (bicyclic) bond motifs is 1. The number of thiazole rings is 1. The van der Waals surface area contributed by atoms with E-state index in [1.165, 1.54) is 6.07 Å². The minimum atomic E-state index is -3.71. The van der Waals surface area contributed by atoms with Crippen LogP contribution in [0.15, 0.2) is 58.9 Å². The molecule has 0 unspecified atom stereocenters. The van der Waals surface area contributed by atoms with Gasteiger partial charge in [-0.2, -0.15) is 0 Å². The number of anilines is 1. The van der Waals surface area contributed by atoms with Gasteiger partial charge >= 0.3 is 0 Å². The lowest BCUT2D eigenvalue weighted by molar-refractivity contribution is 0.411. The van der Waals surface area contributed by atoms with Crippen LogP contribution in [-0.2, 0) is 10.0 Å². The van der Waals surface area contributed by atoms with Gasteiger partial charge in [-0.15, -0.1) is 11.3 Å². The maximum absolute atomic E-state index is 12.8. The van der Waals surface area contributed by atoms with E-state index >= 15 is 0 Å². The number of benzene rings is 2. The van der Waals surface area contributed by atoms with Gasteiger partial charge in [0.25, 0.3) is 10.0 Å². The highest BCUT2D eigenvalue weighted by molar-refractivity contribution is 7.92. The van der Waals surface area contributed by atoms with Crippen LogP contribution in [0.25, 0.3) is 16.2 Å². The molecule has 0 saturated carbocycles. The van der Waals surface area contributed by atoms with Gasteiger partial charge < -0.3 is 4.74 Å². The van der Waals surface area contributed by atoms with Crippen molar-refractivity contribution in [3.05, 3.63) is 65.3 Å². The van der Waals surface area contributed by atoms with E-state index in [4.69, 9.17) is 4.74 Å². The number of nitrogens with one attached hydrogen (secondary N) is 1. The van der Waals surface area contributed by atoms with Crippen LogP contribution in [0.1, 0.15) is 11.3 Å². The molecule has 0 bridgehead atoms. The van der Waals surface area contributed by atoms with E-state index in [2.05, 4.69) is 9.71 Å². The zero-order valence-corrected chi connectivity index (χ0v) is 17.3. The van der Waals surface area contributed by atoms with Crippen molar-refractivity contribution in [2.24, 2.45) is 0 Å². The van der Waals surface area contributed by atoms with Crippen molar-refractivity contribution in [3.63, 3.8) is 0 Å². The molecule has 0 aliphatic rings. The molecule has 6 nitrogen and oxygen atoms in total. The van der Waals surface area contributed by atoms with Crippen LogP contribution < -0.4 is 9.46 Å². The average Bonchev–Trinajstić information content (AvgIpc) is 3.24. The normalized spacial score (nSPS) is 11.7. The molecule has 0 fully saturated rings. The van der Waals surface area contributed by atoms with Crippen LogP contribution >= 0.6 is 11.3 Å². The summed E-state index contributed by atoms with van der Waals surface area (Å²) >= 11 is 1.58. The lowest BCUT2D eigenvalue weighted by atomic mass is 10.1. The van der Waals surface area contributed by atoms with Crippen molar-refractivity contribution in [2.75, 3.05) is 11.8 Å². The fraction of sp³-hybridized carbons (Fsp3) is 0.150. The quantitative estimate of drug-likeness (QED) is 0.523. The van der Waals surface area contributed by atoms with Crippen molar-refractivity contribution in [3.8, 4) is 17.0 Å². The van der Waals surface area contributed by atoms with Gasteiger partial charge in [0.05, 0.1) is 17.7 Å². The van der Waals surface area contributed by atoms with Crippen LogP contribution in [0.2, 0.25) is 0 Å². The van der Waals surface area contributed by atoms with Crippen molar-refractivity contribution < 1.29 is 13.2 Å². The van der Waals surface area contributed by atoms with Crippen LogP contribution in [0.3, 0.4) is 0 Å². The molecule has 4 aromatic rings. The van der Waals surface area contributed by atoms with Crippen LogP contribution in [0, 0.1) is 13.8 Å². The number of methoxy groups -OCH3 is 1. The van der Waals surface area contributed by atoms with E-state index in [1.54, 1.807) is 42.7 Å². The minimum absolute atomic E-state index is 0.189. The SMILES string of the molecule is COc1ccc(S(=O)(=O)Nc2cccc(-c3cn4c(C)csc4n3)c2)cc1C. The molecule has 1 N–H and O–H groups in total. The number of nitrogens with zero attached hydrogens (tertiary/aromatic N) is 2. The predicted octanol–water partition coefficient (Wildman–Crippen LogP) is 4.49. The molecule has 28 heavy (non-hydrogen) atoms. The second kappa shape index (κ2) is 6.96. The Morgan fingerprint density at radius 3 is 2.68 bits per heavy atom. The Hall–Kier alpha value is -2.84. The predicted molar refractivity (Wildman–Crippen MR) is 112 cm³/mol. The van der Waals surface area contributed by atoms with Crippen LogP contribution in [0.5, 0.6) is 5.75 Å². The fourth-order valence-electron chi connectivity index (χ4n) is 3.01. The summed E-state index contributed by atoms with van der Waals surface area (Å²) < 4.78 is 35.4. The summed E-state index contributed by atoms with van der Waals surface area (Å²) in [5.74, 6) is 0.649. The van der Waals surface area contributed by atoms with E-state index in [9.17, 15) is 8.42 Å².